The van der Waals surface area contributed by atoms with Gasteiger partial charge in [-0.2, -0.15) is 0 Å². The first-order valence-electron chi connectivity index (χ1n) is 5.03. The van der Waals surface area contributed by atoms with Crippen molar-refractivity contribution < 1.29 is 9.53 Å². The van der Waals surface area contributed by atoms with Gasteiger partial charge in [-0.3, -0.25) is 4.79 Å². The minimum absolute atomic E-state index is 0.442. The molecular weight excluding hydrogens is 190 g/mol. The van der Waals surface area contributed by atoms with Crippen LogP contribution in [0.5, 0.6) is 5.75 Å². The van der Waals surface area contributed by atoms with Gasteiger partial charge in [0.05, 0.1) is 5.69 Å². The molecule has 0 atom stereocenters. The number of carbonyl (C=O) groups is 1. The van der Waals surface area contributed by atoms with Gasteiger partial charge in [0.2, 0.25) is 0 Å². The maximum Gasteiger partial charge on any atom is 0.298 e. The minimum atomic E-state index is 0.442. The van der Waals surface area contributed by atoms with Crippen LogP contribution in [0, 0.1) is 6.92 Å². The Balaban J connectivity index is 0.000000921. The highest BCUT2D eigenvalue weighted by molar-refractivity contribution is 5.62. The molecule has 3 heteroatoms. The highest BCUT2D eigenvalue weighted by Gasteiger charge is 2.04. The first kappa shape index (κ1) is 13.5. The number of hydrogen-bond donors (Lipinski definition) is 0. The van der Waals surface area contributed by atoms with E-state index in [1.165, 1.54) is 0 Å². The van der Waals surface area contributed by atoms with Crippen molar-refractivity contribution in [3.63, 3.8) is 0 Å². The number of carbonyl (C=O) groups excluding carboxylic acids is 1. The lowest BCUT2D eigenvalue weighted by atomic mass is 10.2. The maximum absolute atomic E-state index is 10.2. The molecule has 0 aromatic heterocycles. The molecule has 1 aromatic carbocycles. The van der Waals surface area contributed by atoms with Crippen LogP contribution in [0.1, 0.15) is 19.4 Å². The van der Waals surface area contributed by atoms with E-state index in [4.69, 9.17) is 4.74 Å². The summed E-state index contributed by atoms with van der Waals surface area (Å²) in [4.78, 5) is 12.1. The van der Waals surface area contributed by atoms with Crippen LogP contribution in [0.2, 0.25) is 0 Å². The molecule has 0 fully saturated rings. The van der Waals surface area contributed by atoms with Crippen molar-refractivity contribution in [2.24, 2.45) is 0 Å². The molecule has 0 aliphatic carbocycles. The lowest BCUT2D eigenvalue weighted by Gasteiger charge is -2.16. The second-order valence-electron chi connectivity index (χ2n) is 3.08. The lowest BCUT2D eigenvalue weighted by Crippen LogP contribution is -2.10. The largest absolute Gasteiger partial charge is 0.427 e. The van der Waals surface area contributed by atoms with E-state index in [0.717, 1.165) is 11.3 Å². The van der Waals surface area contributed by atoms with Gasteiger partial charge >= 0.3 is 0 Å². The molecule has 15 heavy (non-hydrogen) atoms. The van der Waals surface area contributed by atoms with Crippen LogP contribution in [0.25, 0.3) is 0 Å². The fourth-order valence-electron chi connectivity index (χ4n) is 1.13. The molecule has 0 saturated carbocycles. The van der Waals surface area contributed by atoms with Crippen LogP contribution >= 0.6 is 0 Å². The Morgan fingerprint density at radius 1 is 1.27 bits per heavy atom. The Labute approximate surface area is 91.7 Å². The normalized spacial score (nSPS) is 8.60. The molecule has 0 saturated heterocycles. The van der Waals surface area contributed by atoms with Crippen molar-refractivity contribution in [3.8, 4) is 5.75 Å². The van der Waals surface area contributed by atoms with Gasteiger partial charge in [0.1, 0.15) is 0 Å². The number of rotatable bonds is 3. The van der Waals surface area contributed by atoms with Gasteiger partial charge in [0.15, 0.2) is 5.75 Å². The number of benzene rings is 1. The van der Waals surface area contributed by atoms with Gasteiger partial charge in [0, 0.05) is 14.1 Å². The zero-order chi connectivity index (χ0) is 11.8. The predicted molar refractivity (Wildman–Crippen MR) is 63.5 cm³/mol. The molecule has 0 heterocycles. The summed E-state index contributed by atoms with van der Waals surface area (Å²) in [5.74, 6) is 0.589. The monoisotopic (exact) mass is 209 g/mol. The summed E-state index contributed by atoms with van der Waals surface area (Å²) >= 11 is 0. The molecule has 3 nitrogen and oxygen atoms in total. The van der Waals surface area contributed by atoms with Gasteiger partial charge in [-0.1, -0.05) is 19.9 Å². The van der Waals surface area contributed by atoms with E-state index in [9.17, 15) is 4.79 Å². The molecule has 0 bridgehead atoms. The Morgan fingerprint density at radius 3 is 2.33 bits per heavy atom. The van der Waals surface area contributed by atoms with Crippen molar-refractivity contribution >= 4 is 12.2 Å². The highest BCUT2D eigenvalue weighted by atomic mass is 16.5. The van der Waals surface area contributed by atoms with E-state index in [1.807, 2.05) is 51.9 Å². The van der Waals surface area contributed by atoms with Crippen LogP contribution in [0.15, 0.2) is 18.2 Å². The minimum Gasteiger partial charge on any atom is -0.427 e. The van der Waals surface area contributed by atoms with Crippen molar-refractivity contribution in [1.29, 1.82) is 0 Å². The second kappa shape index (κ2) is 6.87. The number of ether oxygens (including phenoxy) is 1. The quantitative estimate of drug-likeness (QED) is 0.717. The van der Waals surface area contributed by atoms with Crippen LogP contribution in [-0.4, -0.2) is 20.6 Å². The molecule has 84 valence electrons. The molecule has 0 unspecified atom stereocenters. The van der Waals surface area contributed by atoms with E-state index in [1.54, 1.807) is 6.07 Å². The topological polar surface area (TPSA) is 29.5 Å². The van der Waals surface area contributed by atoms with Gasteiger partial charge in [-0.15, -0.1) is 0 Å². The van der Waals surface area contributed by atoms with E-state index in [-0.39, 0.29) is 0 Å². The third-order valence-corrected chi connectivity index (χ3v) is 1.77. The zero-order valence-electron chi connectivity index (χ0n) is 10.1. The third-order valence-electron chi connectivity index (χ3n) is 1.77. The molecule has 0 amide bonds. The number of aryl methyl sites for hydroxylation is 1. The van der Waals surface area contributed by atoms with Gasteiger partial charge in [0.25, 0.3) is 6.47 Å². The van der Waals surface area contributed by atoms with Gasteiger partial charge < -0.3 is 9.64 Å². The predicted octanol–water partition coefficient (Wildman–Crippen LogP) is 2.62. The molecule has 0 aliphatic heterocycles. The lowest BCUT2D eigenvalue weighted by molar-refractivity contribution is -0.120. The van der Waals surface area contributed by atoms with E-state index < -0.39 is 0 Å². The second-order valence-corrected chi connectivity index (χ2v) is 3.08. The van der Waals surface area contributed by atoms with Crippen LogP contribution in [0.4, 0.5) is 5.69 Å². The number of hydrogen-bond acceptors (Lipinski definition) is 3. The fraction of sp³-hybridized carbons (Fsp3) is 0.417. The van der Waals surface area contributed by atoms with Crippen molar-refractivity contribution in [1.82, 2.24) is 0 Å². The maximum atomic E-state index is 10.2. The molecule has 0 N–H and O–H groups in total. The molecule has 0 spiro atoms. The van der Waals surface area contributed by atoms with E-state index in [0.29, 0.717) is 12.2 Å². The first-order chi connectivity index (χ1) is 7.15. The molecule has 1 aromatic rings. The zero-order valence-corrected chi connectivity index (χ0v) is 10.1. The Morgan fingerprint density at radius 2 is 1.87 bits per heavy atom. The average Bonchev–Trinajstić information content (AvgIpc) is 2.24. The molecule has 0 radical (unpaired) electrons. The van der Waals surface area contributed by atoms with Gasteiger partial charge in [-0.25, -0.2) is 0 Å². The fourth-order valence-corrected chi connectivity index (χ4v) is 1.13. The summed E-state index contributed by atoms with van der Waals surface area (Å²) in [5, 5.41) is 0. The molecule has 0 aliphatic rings. The summed E-state index contributed by atoms with van der Waals surface area (Å²) in [7, 11) is 3.82. The van der Waals surface area contributed by atoms with Gasteiger partial charge in [-0.05, 0) is 24.6 Å². The molecular formula is C12H19NO2. The van der Waals surface area contributed by atoms with E-state index >= 15 is 0 Å². The summed E-state index contributed by atoms with van der Waals surface area (Å²) in [6.45, 7) is 6.44. The van der Waals surface area contributed by atoms with Crippen molar-refractivity contribution in [3.05, 3.63) is 23.8 Å². The summed E-state index contributed by atoms with van der Waals surface area (Å²) in [5.41, 5.74) is 2.05. The Kier molecular flexibility index (Phi) is 6.18. The summed E-state index contributed by atoms with van der Waals surface area (Å²) < 4.78 is 4.83. The summed E-state index contributed by atoms with van der Waals surface area (Å²) in [6, 6.07) is 5.67. The molecule has 1 rings (SSSR count). The highest BCUT2D eigenvalue weighted by Crippen LogP contribution is 2.27. The van der Waals surface area contributed by atoms with Crippen molar-refractivity contribution in [2.45, 2.75) is 20.8 Å². The van der Waals surface area contributed by atoms with Crippen LogP contribution in [-0.2, 0) is 4.79 Å². The Bertz CT molecular complexity index is 308. The first-order valence-corrected chi connectivity index (χ1v) is 5.03. The Hall–Kier alpha value is -1.51. The van der Waals surface area contributed by atoms with Crippen molar-refractivity contribution in [2.75, 3.05) is 19.0 Å². The van der Waals surface area contributed by atoms with E-state index in [2.05, 4.69) is 0 Å². The van der Waals surface area contributed by atoms with Crippen LogP contribution in [0.3, 0.4) is 0 Å². The SMILES string of the molecule is CC.Cc1ccc(OC=O)c(N(C)C)c1. The van der Waals surface area contributed by atoms with Crippen LogP contribution < -0.4 is 9.64 Å². The standard InChI is InChI=1S/C10H13NO2.C2H6/c1-8-4-5-10(13-7-12)9(6-8)11(2)3;1-2/h4-7H,1-3H3;1-2H3. The number of anilines is 1. The third kappa shape index (κ3) is 4.02. The summed E-state index contributed by atoms with van der Waals surface area (Å²) in [6.07, 6.45) is 0. The smallest absolute Gasteiger partial charge is 0.298 e. The average molecular weight is 209 g/mol. The number of nitrogens with zero attached hydrogens (tertiary/aromatic N) is 1.